The monoisotopic (exact) mass is 408 g/mol. The summed E-state index contributed by atoms with van der Waals surface area (Å²) in [5.41, 5.74) is -3.93. The molecular formula is C15H12ClF3N2O4S. The highest BCUT2D eigenvalue weighted by Crippen LogP contribution is 2.33. The number of sulfone groups is 1. The normalized spacial score (nSPS) is 14.5. The molecule has 2 N–H and O–H groups in total. The number of anilines is 1. The van der Waals surface area contributed by atoms with Crippen molar-refractivity contribution in [3.05, 3.63) is 47.6 Å². The van der Waals surface area contributed by atoms with Gasteiger partial charge in [0.2, 0.25) is 15.4 Å². The van der Waals surface area contributed by atoms with Gasteiger partial charge >= 0.3 is 6.18 Å². The van der Waals surface area contributed by atoms with E-state index in [4.69, 9.17) is 11.6 Å². The van der Waals surface area contributed by atoms with E-state index in [0.717, 1.165) is 18.2 Å². The van der Waals surface area contributed by atoms with Crippen molar-refractivity contribution < 1.29 is 31.5 Å². The number of carbonyl (C=O) groups excluding carboxylic acids is 1. The number of alkyl halides is 3. The Morgan fingerprint density at radius 1 is 1.23 bits per heavy atom. The smallest absolute Gasteiger partial charge is 0.373 e. The van der Waals surface area contributed by atoms with Crippen LogP contribution >= 0.6 is 11.6 Å². The highest BCUT2D eigenvalue weighted by Gasteiger charge is 2.55. The lowest BCUT2D eigenvalue weighted by molar-refractivity contribution is -0.242. The number of rotatable bonds is 4. The molecule has 1 aromatic heterocycles. The summed E-state index contributed by atoms with van der Waals surface area (Å²) in [6.07, 6.45) is -3.92. The lowest BCUT2D eigenvalue weighted by Gasteiger charge is -2.25. The summed E-state index contributed by atoms with van der Waals surface area (Å²) in [6, 6.07) is 7.28. The van der Waals surface area contributed by atoms with Gasteiger partial charge in [-0.2, -0.15) is 13.2 Å². The van der Waals surface area contributed by atoms with E-state index < -0.39 is 27.5 Å². The summed E-state index contributed by atoms with van der Waals surface area (Å²) >= 11 is 5.87. The van der Waals surface area contributed by atoms with Gasteiger partial charge in [0, 0.05) is 6.20 Å². The molecule has 0 aliphatic heterocycles. The molecule has 0 bridgehead atoms. The Hall–Kier alpha value is -2.17. The summed E-state index contributed by atoms with van der Waals surface area (Å²) in [4.78, 5) is 15.1. The third-order valence-electron chi connectivity index (χ3n) is 3.41. The summed E-state index contributed by atoms with van der Waals surface area (Å²) in [7, 11) is -4.00. The zero-order chi connectivity index (χ0) is 19.8. The summed E-state index contributed by atoms with van der Waals surface area (Å²) < 4.78 is 62.8. The van der Waals surface area contributed by atoms with Gasteiger partial charge in [0.05, 0.1) is 15.6 Å². The largest absolute Gasteiger partial charge is 0.426 e. The van der Waals surface area contributed by atoms with Gasteiger partial charge in [0.25, 0.3) is 5.91 Å². The van der Waals surface area contributed by atoms with Crippen LogP contribution in [0.1, 0.15) is 6.92 Å². The van der Waals surface area contributed by atoms with E-state index in [0.29, 0.717) is 0 Å². The number of aromatic nitrogens is 1. The molecule has 0 aliphatic rings. The fourth-order valence-electron chi connectivity index (χ4n) is 1.76. The van der Waals surface area contributed by atoms with Crippen LogP contribution in [0, 0.1) is 0 Å². The molecule has 1 aromatic carbocycles. The predicted octanol–water partition coefficient (Wildman–Crippen LogP) is 2.82. The second-order valence-electron chi connectivity index (χ2n) is 5.34. The number of amides is 1. The van der Waals surface area contributed by atoms with E-state index in [9.17, 15) is 31.5 Å². The summed E-state index contributed by atoms with van der Waals surface area (Å²) in [5.74, 6) is -1.76. The zero-order valence-electron chi connectivity index (χ0n) is 13.1. The first kappa shape index (κ1) is 20.1. The van der Waals surface area contributed by atoms with Gasteiger partial charge < -0.3 is 10.4 Å². The Morgan fingerprint density at radius 2 is 1.88 bits per heavy atom. The molecule has 1 atom stereocenters. The van der Waals surface area contributed by atoms with Crippen molar-refractivity contribution in [3.8, 4) is 0 Å². The van der Waals surface area contributed by atoms with Crippen LogP contribution in [-0.2, 0) is 14.6 Å². The van der Waals surface area contributed by atoms with E-state index in [1.54, 1.807) is 0 Å². The maximum atomic E-state index is 12.7. The molecular weight excluding hydrogens is 397 g/mol. The van der Waals surface area contributed by atoms with E-state index in [-0.39, 0.29) is 27.6 Å². The molecule has 0 spiro atoms. The molecule has 1 heterocycles. The van der Waals surface area contributed by atoms with Crippen molar-refractivity contribution in [1.29, 1.82) is 0 Å². The van der Waals surface area contributed by atoms with Gasteiger partial charge in [-0.05, 0) is 37.3 Å². The van der Waals surface area contributed by atoms with Crippen molar-refractivity contribution in [2.45, 2.75) is 28.6 Å². The highest BCUT2D eigenvalue weighted by molar-refractivity contribution is 7.91. The number of pyridine rings is 1. The van der Waals surface area contributed by atoms with Crippen LogP contribution < -0.4 is 5.32 Å². The number of carbonyl (C=O) groups is 1. The van der Waals surface area contributed by atoms with Gasteiger partial charge in [0.15, 0.2) is 5.03 Å². The number of aliphatic hydroxyl groups is 1. The molecule has 11 heteroatoms. The minimum Gasteiger partial charge on any atom is -0.373 e. The molecule has 0 saturated carbocycles. The van der Waals surface area contributed by atoms with E-state index in [1.165, 1.54) is 24.4 Å². The van der Waals surface area contributed by atoms with Crippen LogP contribution in [0.3, 0.4) is 0 Å². The van der Waals surface area contributed by atoms with Crippen molar-refractivity contribution in [1.82, 2.24) is 4.98 Å². The van der Waals surface area contributed by atoms with Crippen molar-refractivity contribution in [3.63, 3.8) is 0 Å². The molecule has 0 fully saturated rings. The Kier molecular flexibility index (Phi) is 5.31. The minimum absolute atomic E-state index is 0.243. The first-order valence-corrected chi connectivity index (χ1v) is 8.79. The quantitative estimate of drug-likeness (QED) is 0.811. The number of hydrogen-bond acceptors (Lipinski definition) is 5. The standard InChI is InChI=1S/C15H12ClF3N2O4S/c1-14(23,15(17,18)19)13(22)21-11-6-5-9(8-10(11)16)26(24,25)12-4-2-3-7-20-12/h2-8,23H,1H3,(H,21,22). The lowest BCUT2D eigenvalue weighted by atomic mass is 10.1. The molecule has 0 radical (unpaired) electrons. The van der Waals surface area contributed by atoms with Gasteiger partial charge in [0.1, 0.15) is 0 Å². The molecule has 26 heavy (non-hydrogen) atoms. The Labute approximate surface area is 151 Å². The molecule has 0 aliphatic carbocycles. The minimum atomic E-state index is -5.20. The molecule has 2 aromatic rings. The average Bonchev–Trinajstić information content (AvgIpc) is 2.56. The van der Waals surface area contributed by atoms with Crippen molar-refractivity contribution in [2.24, 2.45) is 0 Å². The Balaban J connectivity index is 2.33. The molecule has 2 rings (SSSR count). The van der Waals surface area contributed by atoms with E-state index in [2.05, 4.69) is 4.98 Å². The van der Waals surface area contributed by atoms with Crippen LogP contribution in [-0.4, -0.2) is 36.2 Å². The lowest BCUT2D eigenvalue weighted by Crippen LogP contribution is -2.52. The third-order valence-corrected chi connectivity index (χ3v) is 5.39. The second kappa shape index (κ2) is 6.86. The SMILES string of the molecule is CC(O)(C(=O)Nc1ccc(S(=O)(=O)c2ccccn2)cc1Cl)C(F)(F)F. The Morgan fingerprint density at radius 3 is 2.38 bits per heavy atom. The van der Waals surface area contributed by atoms with Gasteiger partial charge in [-0.1, -0.05) is 17.7 Å². The van der Waals surface area contributed by atoms with Gasteiger partial charge in [-0.3, -0.25) is 4.79 Å². The number of hydrogen-bond donors (Lipinski definition) is 2. The van der Waals surface area contributed by atoms with E-state index >= 15 is 0 Å². The van der Waals surface area contributed by atoms with Crippen molar-refractivity contribution >= 4 is 33.0 Å². The number of nitrogens with zero attached hydrogens (tertiary/aromatic N) is 1. The molecule has 6 nitrogen and oxygen atoms in total. The third kappa shape index (κ3) is 3.81. The van der Waals surface area contributed by atoms with Gasteiger partial charge in [-0.25, -0.2) is 13.4 Å². The second-order valence-corrected chi connectivity index (χ2v) is 7.64. The van der Waals surface area contributed by atoms with Gasteiger partial charge in [-0.15, -0.1) is 0 Å². The maximum absolute atomic E-state index is 12.7. The summed E-state index contributed by atoms with van der Waals surface area (Å²) in [5, 5.41) is 10.6. The van der Waals surface area contributed by atoms with Crippen LogP contribution in [0.25, 0.3) is 0 Å². The topological polar surface area (TPSA) is 96.4 Å². The zero-order valence-corrected chi connectivity index (χ0v) is 14.7. The van der Waals surface area contributed by atoms with Crippen LogP contribution in [0.2, 0.25) is 5.02 Å². The van der Waals surface area contributed by atoms with E-state index in [1.807, 2.05) is 5.32 Å². The number of benzene rings is 1. The van der Waals surface area contributed by atoms with Crippen molar-refractivity contribution in [2.75, 3.05) is 5.32 Å². The molecule has 140 valence electrons. The molecule has 1 unspecified atom stereocenters. The fraction of sp³-hybridized carbons (Fsp3) is 0.200. The molecule has 1 amide bonds. The fourth-order valence-corrected chi connectivity index (χ4v) is 3.28. The average molecular weight is 409 g/mol. The van der Waals surface area contributed by atoms with Crippen LogP contribution in [0.4, 0.5) is 18.9 Å². The Bertz CT molecular complexity index is 932. The maximum Gasteiger partial charge on any atom is 0.426 e. The number of nitrogens with one attached hydrogen (secondary N) is 1. The first-order chi connectivity index (χ1) is 11.9. The summed E-state index contributed by atoms with van der Waals surface area (Å²) in [6.45, 7) is 0.288. The van der Waals surface area contributed by atoms with Crippen LogP contribution in [0.15, 0.2) is 52.5 Å². The highest BCUT2D eigenvalue weighted by atomic mass is 35.5. The predicted molar refractivity (Wildman–Crippen MR) is 86.4 cm³/mol. The first-order valence-electron chi connectivity index (χ1n) is 6.93. The van der Waals surface area contributed by atoms with Crippen LogP contribution in [0.5, 0.6) is 0 Å². The number of halogens is 4. The molecule has 0 saturated heterocycles.